The van der Waals surface area contributed by atoms with Gasteiger partial charge in [-0.3, -0.25) is 19.3 Å². The highest BCUT2D eigenvalue weighted by Gasteiger charge is 2.55. The number of imide groups is 1. The molecule has 6 rings (SSSR count). The summed E-state index contributed by atoms with van der Waals surface area (Å²) in [5, 5.41) is 53.0. The largest absolute Gasteiger partial charge is 0.444 e. The normalized spacial score (nSPS) is 30.9. The van der Waals surface area contributed by atoms with E-state index in [0.717, 1.165) is 29.1 Å². The van der Waals surface area contributed by atoms with Gasteiger partial charge in [-0.2, -0.15) is 0 Å². The average molecular weight is 1120 g/mol. The molecule has 0 radical (unpaired) electrons. The molecule has 0 bridgehead atoms. The number of nitrogens with two attached hydrogens (primary N) is 1. The molecule has 5 aliphatic rings. The Hall–Kier alpha value is -4.80. The van der Waals surface area contributed by atoms with Crippen LogP contribution < -0.4 is 16.4 Å². The molecule has 3 saturated heterocycles. The van der Waals surface area contributed by atoms with Crippen LogP contribution in [0.25, 0.3) is 0 Å². The van der Waals surface area contributed by atoms with E-state index in [9.17, 15) is 49.2 Å². The highest BCUT2D eigenvalue weighted by Crippen LogP contribution is 2.35. The van der Waals surface area contributed by atoms with Gasteiger partial charge in [-0.25, -0.2) is 14.4 Å². The molecule has 79 heavy (non-hydrogen) atoms. The van der Waals surface area contributed by atoms with Crippen LogP contribution in [0.1, 0.15) is 141 Å². The molecule has 446 valence electrons. The zero-order valence-corrected chi connectivity index (χ0v) is 47.5. The predicted octanol–water partition coefficient (Wildman–Crippen LogP) is 2.65. The van der Waals surface area contributed by atoms with Crippen molar-refractivity contribution >= 4 is 36.0 Å². The predicted molar refractivity (Wildman–Crippen MR) is 280 cm³/mol. The molecular weight excluding hydrogens is 1040 g/mol. The van der Waals surface area contributed by atoms with Crippen molar-refractivity contribution in [3.05, 3.63) is 35.4 Å². The van der Waals surface area contributed by atoms with E-state index in [1.165, 1.54) is 31.0 Å². The van der Waals surface area contributed by atoms with Crippen molar-refractivity contribution in [2.45, 2.75) is 223 Å². The summed E-state index contributed by atoms with van der Waals surface area (Å²) in [7, 11) is 1.32. The third kappa shape index (κ3) is 17.4. The van der Waals surface area contributed by atoms with E-state index in [1.807, 2.05) is 0 Å². The van der Waals surface area contributed by atoms with Crippen molar-refractivity contribution < 1.29 is 91.8 Å². The number of alkyl carbamates (subject to hydrolysis) is 1. The number of fused-ring (bicyclic) bond motifs is 1. The second-order valence-corrected chi connectivity index (χ2v) is 24.3. The monoisotopic (exact) mass is 1120 g/mol. The number of carbonyl (C=O) groups excluding carboxylic acids is 6. The second-order valence-electron chi connectivity index (χ2n) is 24.3. The highest BCUT2D eigenvalue weighted by atomic mass is 16.7. The van der Waals surface area contributed by atoms with Crippen LogP contribution in [0, 0.1) is 0 Å². The maximum atomic E-state index is 14.1. The summed E-state index contributed by atoms with van der Waals surface area (Å²) >= 11 is 0. The van der Waals surface area contributed by atoms with E-state index in [2.05, 4.69) is 10.6 Å². The third-order valence-corrected chi connectivity index (χ3v) is 13.9. The number of aliphatic hydroxyl groups is 4. The third-order valence-electron chi connectivity index (χ3n) is 13.9. The van der Waals surface area contributed by atoms with Gasteiger partial charge < -0.3 is 89.2 Å². The number of amides is 6. The second kappa shape index (κ2) is 26.4. The lowest BCUT2D eigenvalue weighted by molar-refractivity contribution is -0.314. The Kier molecular flexibility index (Phi) is 21.2. The van der Waals surface area contributed by atoms with E-state index in [1.54, 1.807) is 74.4 Å². The van der Waals surface area contributed by atoms with Gasteiger partial charge in [-0.05, 0) is 133 Å². The van der Waals surface area contributed by atoms with Gasteiger partial charge in [0.15, 0.2) is 18.9 Å². The number of hydrogen-bond acceptors (Lipinski definition) is 20. The smallest absolute Gasteiger partial charge is 0.410 e. The van der Waals surface area contributed by atoms with Gasteiger partial charge in [-0.1, -0.05) is 12.1 Å². The summed E-state index contributed by atoms with van der Waals surface area (Å²) in [5.74, 6) is -1.98. The molecule has 7 unspecified atom stereocenters. The lowest BCUT2D eigenvalue weighted by Gasteiger charge is -2.51. The highest BCUT2D eigenvalue weighted by molar-refractivity contribution is 6.21. The zero-order valence-electron chi connectivity index (χ0n) is 47.5. The van der Waals surface area contributed by atoms with Gasteiger partial charge in [0.2, 0.25) is 5.91 Å². The summed E-state index contributed by atoms with van der Waals surface area (Å²) in [5.41, 5.74) is 2.50. The average Bonchev–Trinajstić information content (AvgIpc) is 3.61. The molecule has 0 spiro atoms. The van der Waals surface area contributed by atoms with E-state index < -0.39 is 145 Å². The number of rotatable bonds is 18. The summed E-state index contributed by atoms with van der Waals surface area (Å²) in [4.78, 5) is 84.4. The molecule has 25 heteroatoms. The standard InChI is InChI=1S/C54H86N6O19/c1-51(2,3)77-48(67)57-35-27-34(56-43(64)36(61)19-16-23-60-44(65)31-17-12-13-18-32(31)45(60)66)40(76-47-39(63)42(54(10,70)29-73-47)58(11)49(68)78-52(4,5)6)38(62)41(35)75-46-33(55)22-21-30(74-46)28-59(50(69)79-53(7,8)9)24-26-72-37-20-14-15-25-71-37/h12-13,17-18,30,33-42,46-47,61-63,70H,14-16,19-29,55H2,1-11H3,(H,56,64)(H,57,67)/t30-,33?,34+,35-,36-,37?,38?,39?,40?,41?,42+,46+,47+,54?/m0/s1. The van der Waals surface area contributed by atoms with Crippen LogP contribution in [0.15, 0.2) is 24.3 Å². The number of nitrogens with zero attached hydrogens (tertiary/aromatic N) is 3. The van der Waals surface area contributed by atoms with Crippen LogP contribution in [0.5, 0.6) is 0 Å². The Morgan fingerprint density at radius 2 is 1.42 bits per heavy atom. The topological polar surface area (TPSA) is 326 Å². The molecule has 6 amide bonds. The fraction of sp³-hybridized carbons (Fsp3) is 0.778. The fourth-order valence-electron chi connectivity index (χ4n) is 10.2. The first kappa shape index (κ1) is 63.4. The molecule has 25 nitrogen and oxygen atoms in total. The lowest BCUT2D eigenvalue weighted by Crippen LogP contribution is -2.71. The van der Waals surface area contributed by atoms with Gasteiger partial charge in [-0.15, -0.1) is 0 Å². The van der Waals surface area contributed by atoms with Gasteiger partial charge in [0.25, 0.3) is 11.8 Å². The van der Waals surface area contributed by atoms with E-state index in [4.69, 9.17) is 48.4 Å². The summed E-state index contributed by atoms with van der Waals surface area (Å²) < 4.78 is 54.1. The minimum atomic E-state index is -1.88. The summed E-state index contributed by atoms with van der Waals surface area (Å²) in [6.45, 7) is 16.7. The van der Waals surface area contributed by atoms with Crippen LogP contribution in [-0.4, -0.2) is 220 Å². The maximum absolute atomic E-state index is 14.1. The Labute approximate surface area is 462 Å². The van der Waals surface area contributed by atoms with Crippen molar-refractivity contribution in [2.24, 2.45) is 5.73 Å². The molecule has 8 N–H and O–H groups in total. The van der Waals surface area contributed by atoms with Gasteiger partial charge in [0, 0.05) is 26.7 Å². The first-order valence-corrected chi connectivity index (χ1v) is 27.3. The molecule has 4 fully saturated rings. The Balaban J connectivity index is 1.27. The molecule has 1 aliphatic carbocycles. The molecule has 0 aromatic heterocycles. The van der Waals surface area contributed by atoms with Crippen molar-refractivity contribution in [1.29, 1.82) is 0 Å². The number of likely N-dealkylation sites (N-methyl/N-ethyl adjacent to an activating group) is 1. The molecule has 1 aromatic rings. The maximum Gasteiger partial charge on any atom is 0.410 e. The van der Waals surface area contributed by atoms with Crippen LogP contribution in [0.4, 0.5) is 14.4 Å². The first-order valence-electron chi connectivity index (χ1n) is 27.3. The van der Waals surface area contributed by atoms with Crippen LogP contribution in [0.2, 0.25) is 0 Å². The van der Waals surface area contributed by atoms with E-state index in [-0.39, 0.29) is 56.6 Å². The number of aliphatic hydroxyl groups excluding tert-OH is 3. The Morgan fingerprint density at radius 3 is 2.01 bits per heavy atom. The summed E-state index contributed by atoms with van der Waals surface area (Å²) in [6, 6.07) is 1.52. The van der Waals surface area contributed by atoms with Crippen LogP contribution in [-0.2, 0) is 47.4 Å². The molecule has 1 aromatic carbocycles. The number of hydrogen-bond donors (Lipinski definition) is 7. The number of carbonyl (C=O) groups is 6. The quantitative estimate of drug-likeness (QED) is 0.0821. The van der Waals surface area contributed by atoms with Crippen molar-refractivity contribution in [2.75, 3.05) is 46.5 Å². The minimum Gasteiger partial charge on any atom is -0.444 e. The Bertz CT molecular complexity index is 2230. The minimum absolute atomic E-state index is 0.0159. The van der Waals surface area contributed by atoms with E-state index in [0.29, 0.717) is 19.4 Å². The van der Waals surface area contributed by atoms with Crippen molar-refractivity contribution in [3.63, 3.8) is 0 Å². The summed E-state index contributed by atoms with van der Waals surface area (Å²) in [6.07, 6.45) is -12.4. The van der Waals surface area contributed by atoms with Crippen molar-refractivity contribution in [3.8, 4) is 0 Å². The SMILES string of the molecule is CN(C(=O)OC(C)(C)C)[C@@H]1C(O)[C@@H](OC2C(O)C(O[C@H]3O[C@H](CN(CCOC4CCCCO4)C(=O)OC(C)(C)C)CCC3N)[C@@H](NC(=O)OC(C)(C)C)C[C@H]2NC(=O)[C@@H](O)CCCN2C(=O)c3ccccc3C2=O)OCC1(C)O. The molecule has 1 saturated carbocycles. The molecule has 14 atom stereocenters. The molecule has 4 aliphatic heterocycles. The van der Waals surface area contributed by atoms with Crippen LogP contribution >= 0.6 is 0 Å². The van der Waals surface area contributed by atoms with Crippen molar-refractivity contribution in [1.82, 2.24) is 25.3 Å². The van der Waals surface area contributed by atoms with Gasteiger partial charge in [0.1, 0.15) is 52.9 Å². The molecular formula is C54H86N6O19. The lowest BCUT2D eigenvalue weighted by atomic mass is 9.82. The van der Waals surface area contributed by atoms with Crippen LogP contribution in [0.3, 0.4) is 0 Å². The first-order chi connectivity index (χ1) is 36.8. The van der Waals surface area contributed by atoms with Gasteiger partial charge in [0.05, 0.1) is 61.2 Å². The fourth-order valence-corrected chi connectivity index (χ4v) is 10.2. The Morgan fingerprint density at radius 1 is 0.823 bits per heavy atom. The number of benzene rings is 1. The zero-order chi connectivity index (χ0) is 58.4. The molecule has 4 heterocycles. The number of nitrogens with one attached hydrogen (secondary N) is 2. The number of ether oxygens (including phenoxy) is 9. The van der Waals surface area contributed by atoms with Gasteiger partial charge >= 0.3 is 18.3 Å². The van der Waals surface area contributed by atoms with E-state index >= 15 is 0 Å².